The number of carbonyl (C=O) groups is 1. The molecule has 7 heavy (non-hydrogen) atoms. The summed E-state index contributed by atoms with van der Waals surface area (Å²) in [6.45, 7) is 1.20. The monoisotopic (exact) mass is 287 g/mol. The van der Waals surface area contributed by atoms with E-state index in [9.17, 15) is 4.79 Å². The quantitative estimate of drug-likeness (QED) is 0.636. The van der Waals surface area contributed by atoms with Crippen molar-refractivity contribution >= 4 is 5.97 Å². The molecule has 0 spiro atoms. The second-order valence-electron chi connectivity index (χ2n) is 1.01. The van der Waals surface area contributed by atoms with Crippen LogP contribution in [0.15, 0.2) is 0 Å². The summed E-state index contributed by atoms with van der Waals surface area (Å²) < 4.78 is 0. The van der Waals surface area contributed by atoms with Crippen molar-refractivity contribution < 1.29 is 37.4 Å². The summed E-state index contributed by atoms with van der Waals surface area (Å²) in [5.74, 6) is -1.19. The molecule has 0 aliphatic rings. The number of hydrogen-bond donors (Lipinski definition) is 2. The number of carboxylic acids is 1. The third-order valence-corrected chi connectivity index (χ3v) is 0.357. The molecule has 0 aromatic rings. The van der Waals surface area contributed by atoms with Crippen LogP contribution in [0.2, 0.25) is 0 Å². The van der Waals surface area contributed by atoms with E-state index in [1.54, 1.807) is 0 Å². The van der Waals surface area contributed by atoms with Crippen LogP contribution < -0.4 is 0 Å². The van der Waals surface area contributed by atoms with E-state index in [1.807, 2.05) is 0 Å². The van der Waals surface area contributed by atoms with Crippen molar-refractivity contribution in [3.05, 3.63) is 0 Å². The average molecular weight is 287 g/mol. The van der Waals surface area contributed by atoms with Gasteiger partial charge in [-0.1, -0.05) is 0 Å². The first-order valence-electron chi connectivity index (χ1n) is 1.55. The summed E-state index contributed by atoms with van der Waals surface area (Å²) in [7, 11) is 0. The predicted molar refractivity (Wildman–Crippen MR) is 19.3 cm³/mol. The van der Waals surface area contributed by atoms with E-state index in [0.717, 1.165) is 0 Å². The predicted octanol–water partition coefficient (Wildman–Crippen LogP) is -0.551. The Balaban J connectivity index is 0. The summed E-state index contributed by atoms with van der Waals surface area (Å²) in [5.41, 5.74) is 0. The smallest absolute Gasteiger partial charge is 0.332 e. The van der Waals surface area contributed by atoms with Crippen LogP contribution in [0, 0.1) is 0 Å². The minimum Gasteiger partial charge on any atom is -0.479 e. The first-order chi connectivity index (χ1) is 2.64. The second-order valence-corrected chi connectivity index (χ2v) is 1.01. The van der Waals surface area contributed by atoms with Gasteiger partial charge >= 0.3 is 5.97 Å². The molecule has 0 aromatic carbocycles. The van der Waals surface area contributed by atoms with Gasteiger partial charge in [-0.15, -0.1) is 0 Å². The Morgan fingerprint density at radius 1 is 1.71 bits per heavy atom. The van der Waals surface area contributed by atoms with Crippen LogP contribution in [0.25, 0.3) is 0 Å². The Labute approximate surface area is 56.9 Å². The molecule has 1 radical (unpaired) electrons. The van der Waals surface area contributed by atoms with E-state index in [2.05, 4.69) is 0 Å². The summed E-state index contributed by atoms with van der Waals surface area (Å²) in [5, 5.41) is 15.8. The van der Waals surface area contributed by atoms with Crippen molar-refractivity contribution in [2.45, 2.75) is 13.0 Å². The third-order valence-electron chi connectivity index (χ3n) is 0.357. The van der Waals surface area contributed by atoms with Crippen LogP contribution in [0.5, 0.6) is 0 Å². The van der Waals surface area contributed by atoms with E-state index >= 15 is 0 Å². The van der Waals surface area contributed by atoms with Crippen LogP contribution in [0.4, 0.5) is 0 Å². The summed E-state index contributed by atoms with van der Waals surface area (Å²) in [6, 6.07) is 0. The van der Waals surface area contributed by atoms with Gasteiger partial charge in [0, 0.05) is 22.4 Å². The maximum Gasteiger partial charge on any atom is 0.332 e. The number of carboxylic acid groups (broad SMARTS) is 1. The summed E-state index contributed by atoms with van der Waals surface area (Å²) in [4.78, 5) is 9.45. The van der Waals surface area contributed by atoms with Gasteiger partial charge in [0.2, 0.25) is 0 Å². The Hall–Kier alpha value is 0.170. The average Bonchev–Trinajstić information content (AvgIpc) is 1.36. The van der Waals surface area contributed by atoms with Crippen molar-refractivity contribution in [1.82, 2.24) is 0 Å². The molecule has 0 saturated heterocycles. The SMILES string of the molecule is CC(O)C(=O)O.[Au]. The van der Waals surface area contributed by atoms with E-state index in [1.165, 1.54) is 6.92 Å². The van der Waals surface area contributed by atoms with Gasteiger partial charge in [0.05, 0.1) is 0 Å². The molecule has 47 valence electrons. The molecule has 3 nitrogen and oxygen atoms in total. The fourth-order valence-corrected chi connectivity index (χ4v) is 0. The van der Waals surface area contributed by atoms with Crippen LogP contribution in [0.1, 0.15) is 6.92 Å². The van der Waals surface area contributed by atoms with Gasteiger partial charge in [0.25, 0.3) is 0 Å². The first kappa shape index (κ1) is 10.2. The maximum atomic E-state index is 9.45. The third kappa shape index (κ3) is 6.17. The standard InChI is InChI=1S/C3H6O3.Au/c1-2(4)3(5)6;/h2,4H,1H3,(H,5,6);. The first-order valence-corrected chi connectivity index (χ1v) is 1.55. The molecule has 0 fully saturated rings. The normalized spacial score (nSPS) is 11.7. The van der Waals surface area contributed by atoms with Gasteiger partial charge in [-0.05, 0) is 6.92 Å². The summed E-state index contributed by atoms with van der Waals surface area (Å²) in [6.07, 6.45) is -1.23. The van der Waals surface area contributed by atoms with Gasteiger partial charge in [-0.2, -0.15) is 0 Å². The zero-order chi connectivity index (χ0) is 5.15. The van der Waals surface area contributed by atoms with Gasteiger partial charge in [0.15, 0.2) is 0 Å². The largest absolute Gasteiger partial charge is 0.479 e. The Morgan fingerprint density at radius 3 is 1.86 bits per heavy atom. The molecular weight excluding hydrogens is 281 g/mol. The van der Waals surface area contributed by atoms with Gasteiger partial charge < -0.3 is 10.2 Å². The van der Waals surface area contributed by atoms with Crippen LogP contribution in [-0.4, -0.2) is 22.3 Å². The fourth-order valence-electron chi connectivity index (χ4n) is 0. The van der Waals surface area contributed by atoms with E-state index in [-0.39, 0.29) is 22.4 Å². The Bertz CT molecular complexity index is 61.2. The second kappa shape index (κ2) is 4.33. The zero-order valence-corrected chi connectivity index (χ0v) is 5.85. The zero-order valence-electron chi connectivity index (χ0n) is 3.68. The van der Waals surface area contributed by atoms with Crippen molar-refractivity contribution in [3.8, 4) is 0 Å². The van der Waals surface area contributed by atoms with Crippen molar-refractivity contribution in [1.29, 1.82) is 0 Å². The van der Waals surface area contributed by atoms with Crippen LogP contribution >= 0.6 is 0 Å². The fraction of sp³-hybridized carbons (Fsp3) is 0.667. The number of aliphatic hydroxyl groups is 1. The minimum atomic E-state index is -1.23. The van der Waals surface area contributed by atoms with Crippen molar-refractivity contribution in [3.63, 3.8) is 0 Å². The molecule has 0 aliphatic carbocycles. The molecule has 0 bridgehead atoms. The van der Waals surface area contributed by atoms with E-state index < -0.39 is 12.1 Å². The molecular formula is C3H6AuO3. The number of aliphatic carboxylic acids is 1. The van der Waals surface area contributed by atoms with E-state index in [4.69, 9.17) is 10.2 Å². The molecule has 0 aromatic heterocycles. The molecule has 0 saturated carbocycles. The number of aliphatic hydroxyl groups excluding tert-OH is 1. The molecule has 1 atom stereocenters. The van der Waals surface area contributed by atoms with Crippen molar-refractivity contribution in [2.24, 2.45) is 0 Å². The van der Waals surface area contributed by atoms with E-state index in [0.29, 0.717) is 0 Å². The molecule has 1 unspecified atom stereocenters. The topological polar surface area (TPSA) is 57.5 Å². The summed E-state index contributed by atoms with van der Waals surface area (Å²) >= 11 is 0. The van der Waals surface area contributed by atoms with Crippen molar-refractivity contribution in [2.75, 3.05) is 0 Å². The van der Waals surface area contributed by atoms with Crippen LogP contribution in [-0.2, 0) is 27.2 Å². The Morgan fingerprint density at radius 2 is 1.86 bits per heavy atom. The number of hydrogen-bond acceptors (Lipinski definition) is 2. The van der Waals surface area contributed by atoms with Crippen LogP contribution in [0.3, 0.4) is 0 Å². The minimum absolute atomic E-state index is 0. The molecule has 4 heteroatoms. The van der Waals surface area contributed by atoms with Gasteiger partial charge in [-0.25, -0.2) is 4.79 Å². The maximum absolute atomic E-state index is 9.45. The Kier molecular flexibility index (Phi) is 6.32. The molecule has 0 rings (SSSR count). The number of rotatable bonds is 1. The van der Waals surface area contributed by atoms with Gasteiger partial charge in [0.1, 0.15) is 6.10 Å². The molecule has 0 aliphatic heterocycles. The molecule has 0 amide bonds. The van der Waals surface area contributed by atoms with Gasteiger partial charge in [-0.3, -0.25) is 0 Å². The molecule has 0 heterocycles. The molecule has 2 N–H and O–H groups in total.